The molecule has 0 spiro atoms. The lowest BCUT2D eigenvalue weighted by molar-refractivity contribution is -0.130. The van der Waals surface area contributed by atoms with E-state index in [1.54, 1.807) is 12.3 Å². The first kappa shape index (κ1) is 17.1. The first-order valence-corrected chi connectivity index (χ1v) is 8.61. The standard InChI is InChI=1S/C18H18Cl2N3O/c19-15-12-16(20)18(21-13-15)23-10-8-22(9-11-23)17(24)7-6-14-4-2-1-3-5-14/h1-6,12-13H,7-11H2. The number of aromatic nitrogens is 1. The van der Waals surface area contributed by atoms with Crippen molar-refractivity contribution in [2.24, 2.45) is 0 Å². The number of rotatable bonds is 4. The summed E-state index contributed by atoms with van der Waals surface area (Å²) in [5.74, 6) is 0.873. The third-order valence-electron chi connectivity index (χ3n) is 4.03. The summed E-state index contributed by atoms with van der Waals surface area (Å²) in [6, 6.07) is 11.6. The zero-order valence-electron chi connectivity index (χ0n) is 13.2. The predicted octanol–water partition coefficient (Wildman–Crippen LogP) is 3.68. The molecule has 0 saturated carbocycles. The Hall–Kier alpha value is -1.78. The lowest BCUT2D eigenvalue weighted by atomic mass is 10.1. The van der Waals surface area contributed by atoms with Crippen LogP contribution in [-0.4, -0.2) is 42.0 Å². The maximum absolute atomic E-state index is 12.3. The van der Waals surface area contributed by atoms with Crippen molar-refractivity contribution in [2.75, 3.05) is 31.1 Å². The summed E-state index contributed by atoms with van der Waals surface area (Å²) < 4.78 is 0. The highest BCUT2D eigenvalue weighted by atomic mass is 35.5. The van der Waals surface area contributed by atoms with E-state index in [4.69, 9.17) is 23.2 Å². The average Bonchev–Trinajstić information content (AvgIpc) is 2.61. The molecule has 1 radical (unpaired) electrons. The predicted molar refractivity (Wildman–Crippen MR) is 97.5 cm³/mol. The number of hydrogen-bond acceptors (Lipinski definition) is 3. The number of amides is 1. The molecule has 1 aromatic heterocycles. The smallest absolute Gasteiger partial charge is 0.223 e. The summed E-state index contributed by atoms with van der Waals surface area (Å²) in [7, 11) is 0. The third-order valence-corrected chi connectivity index (χ3v) is 4.52. The molecule has 0 bridgehead atoms. The first-order chi connectivity index (χ1) is 11.6. The number of nitrogens with zero attached hydrogens (tertiary/aromatic N) is 3. The van der Waals surface area contributed by atoms with Gasteiger partial charge in [-0.25, -0.2) is 4.98 Å². The molecule has 1 aromatic carbocycles. The van der Waals surface area contributed by atoms with Crippen LogP contribution in [0.25, 0.3) is 0 Å². The van der Waals surface area contributed by atoms with Gasteiger partial charge in [0.25, 0.3) is 0 Å². The van der Waals surface area contributed by atoms with E-state index in [1.807, 2.05) is 41.7 Å². The van der Waals surface area contributed by atoms with Gasteiger partial charge < -0.3 is 9.80 Å². The maximum atomic E-state index is 12.3. The number of carbonyl (C=O) groups excluding carboxylic acids is 1. The lowest BCUT2D eigenvalue weighted by Crippen LogP contribution is -2.49. The minimum absolute atomic E-state index is 0.147. The minimum Gasteiger partial charge on any atom is -0.352 e. The molecule has 0 unspecified atom stereocenters. The van der Waals surface area contributed by atoms with E-state index in [9.17, 15) is 4.79 Å². The molecule has 1 fully saturated rings. The van der Waals surface area contributed by atoms with Crippen LogP contribution in [0.2, 0.25) is 10.0 Å². The molecule has 2 aromatic rings. The van der Waals surface area contributed by atoms with Crippen molar-refractivity contribution in [2.45, 2.75) is 6.42 Å². The van der Waals surface area contributed by atoms with Crippen molar-refractivity contribution in [1.82, 2.24) is 9.88 Å². The van der Waals surface area contributed by atoms with E-state index in [2.05, 4.69) is 9.88 Å². The van der Waals surface area contributed by atoms with Gasteiger partial charge in [0.1, 0.15) is 5.82 Å². The van der Waals surface area contributed by atoms with Gasteiger partial charge in [0, 0.05) is 38.8 Å². The summed E-state index contributed by atoms with van der Waals surface area (Å²) in [4.78, 5) is 20.6. The van der Waals surface area contributed by atoms with Gasteiger partial charge in [-0.05, 0) is 18.1 Å². The van der Waals surface area contributed by atoms with Gasteiger partial charge in [-0.1, -0.05) is 53.5 Å². The Morgan fingerprint density at radius 3 is 2.50 bits per heavy atom. The Balaban J connectivity index is 1.52. The molecular weight excluding hydrogens is 345 g/mol. The van der Waals surface area contributed by atoms with Crippen LogP contribution in [-0.2, 0) is 4.79 Å². The van der Waals surface area contributed by atoms with E-state index < -0.39 is 0 Å². The van der Waals surface area contributed by atoms with Gasteiger partial charge >= 0.3 is 0 Å². The molecule has 24 heavy (non-hydrogen) atoms. The lowest BCUT2D eigenvalue weighted by Gasteiger charge is -2.35. The van der Waals surface area contributed by atoms with E-state index in [0.717, 1.165) is 11.4 Å². The molecule has 4 nitrogen and oxygen atoms in total. The first-order valence-electron chi connectivity index (χ1n) is 7.85. The highest BCUT2D eigenvalue weighted by Gasteiger charge is 2.23. The molecule has 1 saturated heterocycles. The molecular formula is C18H18Cl2N3O. The zero-order valence-corrected chi connectivity index (χ0v) is 14.7. The third kappa shape index (κ3) is 4.19. The number of pyridine rings is 1. The Kier molecular flexibility index (Phi) is 5.59. The minimum atomic E-state index is 0.147. The van der Waals surface area contributed by atoms with E-state index in [-0.39, 0.29) is 5.91 Å². The Bertz CT molecular complexity index is 701. The number of benzene rings is 1. The SMILES string of the molecule is O=C(C[CH]c1ccccc1)N1CCN(c2ncc(Cl)cc2Cl)CC1. The molecule has 1 aliphatic rings. The number of halogens is 2. The van der Waals surface area contributed by atoms with Crippen molar-refractivity contribution in [3.63, 3.8) is 0 Å². The van der Waals surface area contributed by atoms with E-state index in [0.29, 0.717) is 42.6 Å². The topological polar surface area (TPSA) is 36.4 Å². The van der Waals surface area contributed by atoms with Crippen LogP contribution in [0.4, 0.5) is 5.82 Å². The molecule has 125 valence electrons. The monoisotopic (exact) mass is 362 g/mol. The summed E-state index contributed by atoms with van der Waals surface area (Å²) in [6.45, 7) is 2.76. The summed E-state index contributed by atoms with van der Waals surface area (Å²) in [5.41, 5.74) is 1.07. The molecule has 0 aliphatic carbocycles. The van der Waals surface area contributed by atoms with Crippen molar-refractivity contribution in [3.05, 3.63) is 64.6 Å². The van der Waals surface area contributed by atoms with Crippen molar-refractivity contribution < 1.29 is 4.79 Å². The summed E-state index contributed by atoms with van der Waals surface area (Å²) >= 11 is 12.1. The second kappa shape index (κ2) is 7.86. The maximum Gasteiger partial charge on any atom is 0.223 e. The second-order valence-corrected chi connectivity index (χ2v) is 6.49. The quantitative estimate of drug-likeness (QED) is 0.832. The Morgan fingerprint density at radius 1 is 1.12 bits per heavy atom. The van der Waals surface area contributed by atoms with Crippen LogP contribution in [0, 0.1) is 6.42 Å². The highest BCUT2D eigenvalue weighted by molar-refractivity contribution is 6.36. The van der Waals surface area contributed by atoms with Gasteiger partial charge in [0.2, 0.25) is 5.91 Å². The highest BCUT2D eigenvalue weighted by Crippen LogP contribution is 2.26. The van der Waals surface area contributed by atoms with Crippen LogP contribution in [0.15, 0.2) is 42.6 Å². The molecule has 2 heterocycles. The largest absolute Gasteiger partial charge is 0.352 e. The number of carbonyl (C=O) groups is 1. The number of hydrogen-bond donors (Lipinski definition) is 0. The van der Waals surface area contributed by atoms with Gasteiger partial charge in [-0.2, -0.15) is 0 Å². The Morgan fingerprint density at radius 2 is 1.83 bits per heavy atom. The average molecular weight is 363 g/mol. The second-order valence-electron chi connectivity index (χ2n) is 5.65. The fourth-order valence-corrected chi connectivity index (χ4v) is 3.23. The number of piperazine rings is 1. The van der Waals surface area contributed by atoms with Crippen molar-refractivity contribution in [1.29, 1.82) is 0 Å². The van der Waals surface area contributed by atoms with Crippen LogP contribution < -0.4 is 4.90 Å². The fraction of sp³-hybridized carbons (Fsp3) is 0.278. The molecule has 0 N–H and O–H groups in total. The fourth-order valence-electron chi connectivity index (χ4n) is 2.73. The molecule has 1 aliphatic heterocycles. The normalized spacial score (nSPS) is 14.8. The van der Waals surface area contributed by atoms with Gasteiger partial charge in [-0.15, -0.1) is 0 Å². The van der Waals surface area contributed by atoms with Gasteiger partial charge in [0.05, 0.1) is 10.0 Å². The molecule has 6 heteroatoms. The molecule has 3 rings (SSSR count). The van der Waals surface area contributed by atoms with E-state index >= 15 is 0 Å². The van der Waals surface area contributed by atoms with Gasteiger partial charge in [0.15, 0.2) is 0 Å². The molecule has 1 amide bonds. The zero-order chi connectivity index (χ0) is 16.9. The van der Waals surface area contributed by atoms with Crippen LogP contribution in [0.3, 0.4) is 0 Å². The van der Waals surface area contributed by atoms with Crippen molar-refractivity contribution >= 4 is 34.9 Å². The Labute approximate surface area is 152 Å². The van der Waals surface area contributed by atoms with Crippen LogP contribution in [0.5, 0.6) is 0 Å². The van der Waals surface area contributed by atoms with Gasteiger partial charge in [-0.3, -0.25) is 4.79 Å². The van der Waals surface area contributed by atoms with E-state index in [1.165, 1.54) is 0 Å². The van der Waals surface area contributed by atoms with Crippen molar-refractivity contribution in [3.8, 4) is 0 Å². The number of anilines is 1. The van der Waals surface area contributed by atoms with Crippen LogP contribution >= 0.6 is 23.2 Å². The van der Waals surface area contributed by atoms with Crippen LogP contribution in [0.1, 0.15) is 12.0 Å². The summed E-state index contributed by atoms with van der Waals surface area (Å²) in [6.07, 6.45) is 3.98. The molecule has 0 atom stereocenters. The summed E-state index contributed by atoms with van der Waals surface area (Å²) in [5, 5.41) is 1.06.